The summed E-state index contributed by atoms with van der Waals surface area (Å²) in [5.41, 5.74) is 4.50. The van der Waals surface area contributed by atoms with Gasteiger partial charge in [-0.1, -0.05) is 26.7 Å². The maximum atomic E-state index is 5.75. The van der Waals surface area contributed by atoms with Gasteiger partial charge in [0.15, 0.2) is 0 Å². The van der Waals surface area contributed by atoms with E-state index in [-0.39, 0.29) is 0 Å². The average molecular weight is 301 g/mol. The number of rotatable bonds is 9. The zero-order valence-corrected chi connectivity index (χ0v) is 13.9. The monoisotopic (exact) mass is 301 g/mol. The second-order valence-corrected chi connectivity index (χ2v) is 5.54. The van der Waals surface area contributed by atoms with Crippen molar-refractivity contribution in [2.75, 3.05) is 13.2 Å². The Hall–Kier alpha value is -1.81. The number of nitrogens with one attached hydrogen (secondary N) is 2. The second kappa shape index (κ2) is 8.59. The molecule has 120 valence electrons. The standard InChI is InChI=1S/C18H27N3O/c1-4-6-7-12-22-16-10-8-15(9-11-16)18-14(3)17(20-21-18)13-19-5-2/h8-11,19H,4-7,12-13H2,1-3H3,(H,20,21). The van der Waals surface area contributed by atoms with Gasteiger partial charge in [-0.05, 0) is 49.7 Å². The molecule has 0 saturated heterocycles. The first-order chi connectivity index (χ1) is 10.8. The molecule has 2 aromatic rings. The van der Waals surface area contributed by atoms with Crippen LogP contribution in [0.25, 0.3) is 11.3 Å². The molecule has 2 N–H and O–H groups in total. The number of benzene rings is 1. The van der Waals surface area contributed by atoms with Gasteiger partial charge in [0.1, 0.15) is 5.75 Å². The Labute approximate surface area is 133 Å². The predicted octanol–water partition coefficient (Wildman–Crippen LogP) is 4.06. The van der Waals surface area contributed by atoms with E-state index in [0.717, 1.165) is 48.8 Å². The van der Waals surface area contributed by atoms with E-state index >= 15 is 0 Å². The number of unbranched alkanes of at least 4 members (excludes halogenated alkanes) is 2. The molecule has 1 aromatic heterocycles. The first-order valence-electron chi connectivity index (χ1n) is 8.24. The largest absolute Gasteiger partial charge is 0.494 e. The molecule has 0 radical (unpaired) electrons. The van der Waals surface area contributed by atoms with Crippen molar-refractivity contribution in [1.29, 1.82) is 0 Å². The van der Waals surface area contributed by atoms with Gasteiger partial charge in [0.25, 0.3) is 0 Å². The number of hydrogen-bond acceptors (Lipinski definition) is 3. The van der Waals surface area contributed by atoms with E-state index in [2.05, 4.69) is 48.4 Å². The molecular weight excluding hydrogens is 274 g/mol. The topological polar surface area (TPSA) is 49.9 Å². The molecule has 0 atom stereocenters. The summed E-state index contributed by atoms with van der Waals surface area (Å²) < 4.78 is 5.75. The number of hydrogen-bond donors (Lipinski definition) is 2. The zero-order valence-electron chi connectivity index (χ0n) is 13.9. The lowest BCUT2D eigenvalue weighted by molar-refractivity contribution is 0.306. The fraction of sp³-hybridized carbons (Fsp3) is 0.500. The Morgan fingerprint density at radius 1 is 1.14 bits per heavy atom. The van der Waals surface area contributed by atoms with E-state index in [1.54, 1.807) is 0 Å². The quantitative estimate of drug-likeness (QED) is 0.687. The molecule has 4 nitrogen and oxygen atoms in total. The van der Waals surface area contributed by atoms with Gasteiger partial charge in [0.2, 0.25) is 0 Å². The molecule has 0 aliphatic heterocycles. The van der Waals surface area contributed by atoms with Gasteiger partial charge >= 0.3 is 0 Å². The third-order valence-electron chi connectivity index (χ3n) is 3.81. The zero-order chi connectivity index (χ0) is 15.8. The van der Waals surface area contributed by atoms with Crippen LogP contribution >= 0.6 is 0 Å². The Bertz CT molecular complexity index is 560. The van der Waals surface area contributed by atoms with E-state index in [1.165, 1.54) is 18.4 Å². The molecule has 0 spiro atoms. The molecule has 0 aliphatic rings. The normalized spacial score (nSPS) is 10.9. The van der Waals surface area contributed by atoms with Gasteiger partial charge in [-0.25, -0.2) is 0 Å². The summed E-state index contributed by atoms with van der Waals surface area (Å²) in [7, 11) is 0. The van der Waals surface area contributed by atoms with Gasteiger partial charge in [0.05, 0.1) is 18.0 Å². The van der Waals surface area contributed by atoms with Gasteiger partial charge in [-0.15, -0.1) is 0 Å². The summed E-state index contributed by atoms with van der Waals surface area (Å²) in [6, 6.07) is 8.21. The molecular formula is C18H27N3O. The van der Waals surface area contributed by atoms with Crippen molar-refractivity contribution in [2.45, 2.75) is 46.6 Å². The summed E-state index contributed by atoms with van der Waals surface area (Å²) in [4.78, 5) is 0. The lowest BCUT2D eigenvalue weighted by atomic mass is 10.1. The average Bonchev–Trinajstić information content (AvgIpc) is 2.91. The Balaban J connectivity index is 1.99. The van der Waals surface area contributed by atoms with E-state index in [4.69, 9.17) is 4.74 Å². The molecule has 4 heteroatoms. The minimum atomic E-state index is 0.793. The molecule has 0 unspecified atom stereocenters. The molecule has 2 rings (SSSR count). The number of ether oxygens (including phenoxy) is 1. The van der Waals surface area contributed by atoms with Crippen molar-refractivity contribution in [3.05, 3.63) is 35.5 Å². The van der Waals surface area contributed by atoms with Crippen LogP contribution in [-0.4, -0.2) is 23.3 Å². The van der Waals surface area contributed by atoms with Crippen molar-refractivity contribution in [3.8, 4) is 17.0 Å². The van der Waals surface area contributed by atoms with Gasteiger partial charge < -0.3 is 10.1 Å². The van der Waals surface area contributed by atoms with Crippen LogP contribution in [0.5, 0.6) is 5.75 Å². The van der Waals surface area contributed by atoms with Crippen LogP contribution in [0.4, 0.5) is 0 Å². The predicted molar refractivity (Wildman–Crippen MR) is 91.2 cm³/mol. The highest BCUT2D eigenvalue weighted by atomic mass is 16.5. The first kappa shape index (κ1) is 16.6. The number of nitrogens with zero attached hydrogens (tertiary/aromatic N) is 1. The summed E-state index contributed by atoms with van der Waals surface area (Å²) in [5, 5.41) is 10.9. The van der Waals surface area contributed by atoms with Gasteiger partial charge in [0, 0.05) is 12.1 Å². The molecule has 0 amide bonds. The van der Waals surface area contributed by atoms with Crippen LogP contribution in [-0.2, 0) is 6.54 Å². The summed E-state index contributed by atoms with van der Waals surface area (Å²) >= 11 is 0. The maximum Gasteiger partial charge on any atom is 0.119 e. The highest BCUT2D eigenvalue weighted by Gasteiger charge is 2.10. The number of aromatic nitrogens is 2. The third-order valence-corrected chi connectivity index (χ3v) is 3.81. The van der Waals surface area contributed by atoms with E-state index in [0.29, 0.717) is 0 Å². The molecule has 1 aromatic carbocycles. The maximum absolute atomic E-state index is 5.75. The van der Waals surface area contributed by atoms with Gasteiger partial charge in [-0.2, -0.15) is 5.10 Å². The van der Waals surface area contributed by atoms with E-state index in [1.807, 2.05) is 12.1 Å². The fourth-order valence-corrected chi connectivity index (χ4v) is 2.39. The third kappa shape index (κ3) is 4.34. The Kier molecular flexibility index (Phi) is 6.46. The second-order valence-electron chi connectivity index (χ2n) is 5.54. The minimum absolute atomic E-state index is 0.793. The van der Waals surface area contributed by atoms with Crippen molar-refractivity contribution >= 4 is 0 Å². The Morgan fingerprint density at radius 2 is 1.91 bits per heavy atom. The summed E-state index contributed by atoms with van der Waals surface area (Å²) in [6.45, 7) is 8.99. The van der Waals surface area contributed by atoms with Crippen molar-refractivity contribution in [3.63, 3.8) is 0 Å². The van der Waals surface area contributed by atoms with Crippen molar-refractivity contribution in [1.82, 2.24) is 15.5 Å². The van der Waals surface area contributed by atoms with Gasteiger partial charge in [-0.3, -0.25) is 5.10 Å². The minimum Gasteiger partial charge on any atom is -0.494 e. The molecule has 0 bridgehead atoms. The molecule has 0 saturated carbocycles. The van der Waals surface area contributed by atoms with Crippen LogP contribution in [0.2, 0.25) is 0 Å². The summed E-state index contributed by atoms with van der Waals surface area (Å²) in [6.07, 6.45) is 3.56. The van der Waals surface area contributed by atoms with Crippen LogP contribution < -0.4 is 10.1 Å². The smallest absolute Gasteiger partial charge is 0.119 e. The SMILES string of the molecule is CCCCCOc1ccc(-c2n[nH]c(CNCC)c2C)cc1. The lowest BCUT2D eigenvalue weighted by Crippen LogP contribution is -2.12. The van der Waals surface area contributed by atoms with E-state index in [9.17, 15) is 0 Å². The van der Waals surface area contributed by atoms with Crippen LogP contribution in [0.1, 0.15) is 44.4 Å². The first-order valence-corrected chi connectivity index (χ1v) is 8.24. The molecule has 22 heavy (non-hydrogen) atoms. The van der Waals surface area contributed by atoms with Crippen LogP contribution in [0, 0.1) is 6.92 Å². The summed E-state index contributed by atoms with van der Waals surface area (Å²) in [5.74, 6) is 0.931. The van der Waals surface area contributed by atoms with E-state index < -0.39 is 0 Å². The molecule has 0 fully saturated rings. The van der Waals surface area contributed by atoms with Crippen LogP contribution in [0.15, 0.2) is 24.3 Å². The molecule has 1 heterocycles. The number of H-pyrrole nitrogens is 1. The molecule has 0 aliphatic carbocycles. The number of aromatic amines is 1. The fourth-order valence-electron chi connectivity index (χ4n) is 2.39. The lowest BCUT2D eigenvalue weighted by Gasteiger charge is -2.06. The highest BCUT2D eigenvalue weighted by Crippen LogP contribution is 2.25. The van der Waals surface area contributed by atoms with Crippen molar-refractivity contribution in [2.24, 2.45) is 0 Å². The Morgan fingerprint density at radius 3 is 2.59 bits per heavy atom. The van der Waals surface area contributed by atoms with Crippen molar-refractivity contribution < 1.29 is 4.74 Å². The van der Waals surface area contributed by atoms with Crippen LogP contribution in [0.3, 0.4) is 0 Å². The highest BCUT2D eigenvalue weighted by molar-refractivity contribution is 5.64.